The summed E-state index contributed by atoms with van der Waals surface area (Å²) >= 11 is 0. The van der Waals surface area contributed by atoms with Gasteiger partial charge in [0.1, 0.15) is 0 Å². The van der Waals surface area contributed by atoms with E-state index in [0.29, 0.717) is 31.3 Å². The van der Waals surface area contributed by atoms with Crippen LogP contribution < -0.4 is 16.0 Å². The highest BCUT2D eigenvalue weighted by Gasteiger charge is 2.27. The SMILES string of the molecule is CCNC(=NCC1CCCOC1c1ccc(C)cc1)NCCNC(=O)c1ccco1. The van der Waals surface area contributed by atoms with Gasteiger partial charge in [0, 0.05) is 38.7 Å². The zero-order chi connectivity index (χ0) is 21.2. The van der Waals surface area contributed by atoms with Crippen molar-refractivity contribution >= 4 is 11.9 Å². The first-order valence-electron chi connectivity index (χ1n) is 10.7. The lowest BCUT2D eigenvalue weighted by Gasteiger charge is -2.31. The summed E-state index contributed by atoms with van der Waals surface area (Å²) in [4.78, 5) is 16.7. The second kappa shape index (κ2) is 11.4. The first-order chi connectivity index (χ1) is 14.7. The predicted molar refractivity (Wildman–Crippen MR) is 118 cm³/mol. The number of amides is 1. The smallest absolute Gasteiger partial charge is 0.287 e. The Hall–Kier alpha value is -2.80. The number of rotatable bonds is 8. The number of carbonyl (C=O) groups excluding carboxylic acids is 1. The van der Waals surface area contributed by atoms with Crippen molar-refractivity contribution in [3.8, 4) is 0 Å². The van der Waals surface area contributed by atoms with Gasteiger partial charge in [0.2, 0.25) is 0 Å². The van der Waals surface area contributed by atoms with Gasteiger partial charge >= 0.3 is 0 Å². The second-order valence-corrected chi connectivity index (χ2v) is 7.48. The molecule has 0 saturated carbocycles. The van der Waals surface area contributed by atoms with E-state index in [0.717, 1.165) is 32.0 Å². The molecule has 2 heterocycles. The van der Waals surface area contributed by atoms with Crippen molar-refractivity contribution in [3.63, 3.8) is 0 Å². The molecule has 1 aromatic heterocycles. The summed E-state index contributed by atoms with van der Waals surface area (Å²) < 4.78 is 11.2. The molecule has 1 fully saturated rings. The molecule has 7 nitrogen and oxygen atoms in total. The van der Waals surface area contributed by atoms with Crippen LogP contribution in [0.3, 0.4) is 0 Å². The number of hydrogen-bond acceptors (Lipinski definition) is 4. The van der Waals surface area contributed by atoms with Gasteiger partial charge in [-0.15, -0.1) is 0 Å². The third-order valence-corrected chi connectivity index (χ3v) is 5.13. The summed E-state index contributed by atoms with van der Waals surface area (Å²) in [7, 11) is 0. The number of guanidine groups is 1. The molecule has 2 unspecified atom stereocenters. The minimum atomic E-state index is -0.218. The van der Waals surface area contributed by atoms with Crippen molar-refractivity contribution in [2.75, 3.05) is 32.8 Å². The van der Waals surface area contributed by atoms with Gasteiger partial charge in [0.05, 0.1) is 12.4 Å². The van der Waals surface area contributed by atoms with Crippen LogP contribution in [0.25, 0.3) is 0 Å². The first-order valence-corrected chi connectivity index (χ1v) is 10.7. The van der Waals surface area contributed by atoms with Gasteiger partial charge in [-0.25, -0.2) is 0 Å². The Labute approximate surface area is 178 Å². The lowest BCUT2D eigenvalue weighted by molar-refractivity contribution is -0.0250. The Morgan fingerprint density at radius 2 is 1.93 bits per heavy atom. The normalized spacial score (nSPS) is 19.3. The highest BCUT2D eigenvalue weighted by Crippen LogP contribution is 2.33. The van der Waals surface area contributed by atoms with Gasteiger partial charge in [0.25, 0.3) is 5.91 Å². The zero-order valence-corrected chi connectivity index (χ0v) is 17.8. The van der Waals surface area contributed by atoms with Crippen molar-refractivity contribution in [2.45, 2.75) is 32.8 Å². The summed E-state index contributed by atoms with van der Waals surface area (Å²) in [5.74, 6) is 1.19. The second-order valence-electron chi connectivity index (χ2n) is 7.48. The summed E-state index contributed by atoms with van der Waals surface area (Å²) in [5, 5.41) is 9.37. The van der Waals surface area contributed by atoms with E-state index in [1.165, 1.54) is 17.4 Å². The Balaban J connectivity index is 1.52. The van der Waals surface area contributed by atoms with Crippen LogP contribution in [-0.2, 0) is 4.74 Å². The Morgan fingerprint density at radius 1 is 1.13 bits per heavy atom. The van der Waals surface area contributed by atoms with Gasteiger partial charge in [-0.05, 0) is 44.4 Å². The van der Waals surface area contributed by atoms with Crippen LogP contribution in [0.2, 0.25) is 0 Å². The van der Waals surface area contributed by atoms with Crippen LogP contribution in [0.15, 0.2) is 52.1 Å². The minimum absolute atomic E-state index is 0.0820. The number of nitrogens with one attached hydrogen (secondary N) is 3. The molecule has 1 aliphatic heterocycles. The van der Waals surface area contributed by atoms with E-state index in [2.05, 4.69) is 47.1 Å². The Bertz CT molecular complexity index is 802. The summed E-state index contributed by atoms with van der Waals surface area (Å²) in [6.07, 6.45) is 3.73. The summed E-state index contributed by atoms with van der Waals surface area (Å²) in [6, 6.07) is 11.9. The van der Waals surface area contributed by atoms with Crippen LogP contribution in [0.1, 0.15) is 47.6 Å². The monoisotopic (exact) mass is 412 g/mol. The largest absolute Gasteiger partial charge is 0.459 e. The molecule has 1 saturated heterocycles. The van der Waals surface area contributed by atoms with E-state index in [1.807, 2.05) is 6.92 Å². The van der Waals surface area contributed by atoms with E-state index in [-0.39, 0.29) is 12.0 Å². The fraction of sp³-hybridized carbons (Fsp3) is 0.478. The lowest BCUT2D eigenvalue weighted by Crippen LogP contribution is -2.42. The predicted octanol–water partition coefficient (Wildman–Crippen LogP) is 3.04. The van der Waals surface area contributed by atoms with Crippen LogP contribution in [-0.4, -0.2) is 44.7 Å². The molecule has 2 atom stereocenters. The fourth-order valence-corrected chi connectivity index (χ4v) is 3.56. The van der Waals surface area contributed by atoms with E-state index in [9.17, 15) is 4.79 Å². The van der Waals surface area contributed by atoms with Gasteiger partial charge in [-0.2, -0.15) is 0 Å². The molecule has 3 rings (SSSR count). The molecule has 2 aromatic rings. The number of carbonyl (C=O) groups is 1. The minimum Gasteiger partial charge on any atom is -0.459 e. The third kappa shape index (κ3) is 6.35. The molecule has 0 bridgehead atoms. The number of nitrogens with zero attached hydrogens (tertiary/aromatic N) is 1. The Kier molecular flexibility index (Phi) is 8.32. The summed E-state index contributed by atoms with van der Waals surface area (Å²) in [5.41, 5.74) is 2.47. The van der Waals surface area contributed by atoms with Gasteiger partial charge in [0.15, 0.2) is 11.7 Å². The number of benzene rings is 1. The standard InChI is InChI=1S/C23H32N4O3/c1-3-24-23(26-13-12-25-22(28)20-7-5-14-29-20)27-16-19-6-4-15-30-21(19)18-10-8-17(2)9-11-18/h5,7-11,14,19,21H,3-4,6,12-13,15-16H2,1-2H3,(H,25,28)(H2,24,26,27). The van der Waals surface area contributed by atoms with Gasteiger partial charge in [-0.1, -0.05) is 29.8 Å². The van der Waals surface area contributed by atoms with Gasteiger partial charge < -0.3 is 25.1 Å². The zero-order valence-electron chi connectivity index (χ0n) is 17.8. The number of furan rings is 1. The highest BCUT2D eigenvalue weighted by molar-refractivity contribution is 5.91. The molecule has 7 heteroatoms. The van der Waals surface area contributed by atoms with Crippen molar-refractivity contribution < 1.29 is 13.9 Å². The van der Waals surface area contributed by atoms with E-state index in [4.69, 9.17) is 14.1 Å². The summed E-state index contributed by atoms with van der Waals surface area (Å²) in [6.45, 7) is 7.43. The number of aryl methyl sites for hydroxylation is 1. The Morgan fingerprint density at radius 3 is 2.67 bits per heavy atom. The van der Waals surface area contributed by atoms with Crippen LogP contribution in [0, 0.1) is 12.8 Å². The van der Waals surface area contributed by atoms with Crippen molar-refractivity contribution in [1.29, 1.82) is 0 Å². The fourth-order valence-electron chi connectivity index (χ4n) is 3.56. The van der Waals surface area contributed by atoms with Crippen LogP contribution in [0.5, 0.6) is 0 Å². The van der Waals surface area contributed by atoms with Crippen LogP contribution in [0.4, 0.5) is 0 Å². The van der Waals surface area contributed by atoms with E-state index in [1.54, 1.807) is 12.1 Å². The highest BCUT2D eigenvalue weighted by atomic mass is 16.5. The number of aliphatic imine (C=N–C) groups is 1. The number of ether oxygens (including phenoxy) is 1. The van der Waals surface area contributed by atoms with Crippen molar-refractivity contribution in [1.82, 2.24) is 16.0 Å². The average Bonchev–Trinajstić information content (AvgIpc) is 3.31. The molecule has 162 valence electrons. The lowest BCUT2D eigenvalue weighted by atomic mass is 9.89. The molecule has 1 aromatic carbocycles. The number of hydrogen-bond donors (Lipinski definition) is 3. The molecule has 0 radical (unpaired) electrons. The maximum atomic E-state index is 11.9. The van der Waals surface area contributed by atoms with Crippen molar-refractivity contribution in [3.05, 3.63) is 59.5 Å². The van der Waals surface area contributed by atoms with Gasteiger partial charge in [-0.3, -0.25) is 9.79 Å². The molecule has 1 amide bonds. The average molecular weight is 413 g/mol. The molecule has 1 aliphatic rings. The quantitative estimate of drug-likeness (QED) is 0.352. The maximum Gasteiger partial charge on any atom is 0.287 e. The first kappa shape index (κ1) is 21.9. The molecular weight excluding hydrogens is 380 g/mol. The molecule has 0 aliphatic carbocycles. The van der Waals surface area contributed by atoms with Crippen LogP contribution >= 0.6 is 0 Å². The maximum absolute atomic E-state index is 11.9. The molecule has 30 heavy (non-hydrogen) atoms. The molecular formula is C23H32N4O3. The van der Waals surface area contributed by atoms with E-state index >= 15 is 0 Å². The third-order valence-electron chi connectivity index (χ3n) is 5.13. The van der Waals surface area contributed by atoms with E-state index < -0.39 is 0 Å². The molecule has 3 N–H and O–H groups in total. The van der Waals surface area contributed by atoms with Crippen molar-refractivity contribution in [2.24, 2.45) is 10.9 Å². The topological polar surface area (TPSA) is 87.9 Å². The molecule has 0 spiro atoms.